The number of rotatable bonds is 15. The SMILES string of the molecule is CCC(C)C(NC(=O)C(N)CC(C)C)C(=O)NC(CC(C)C)C(=O)NC(Cc1ccccc1)C(=O)O. The molecule has 0 radical (unpaired) electrons. The lowest BCUT2D eigenvalue weighted by Gasteiger charge is -2.28. The zero-order valence-electron chi connectivity index (χ0n) is 22.4. The zero-order valence-corrected chi connectivity index (χ0v) is 22.4. The summed E-state index contributed by atoms with van der Waals surface area (Å²) in [5, 5.41) is 17.8. The molecular weight excluding hydrogens is 460 g/mol. The van der Waals surface area contributed by atoms with Gasteiger partial charge >= 0.3 is 5.97 Å². The summed E-state index contributed by atoms with van der Waals surface area (Å²) in [5.74, 6) is -2.58. The molecule has 0 heterocycles. The summed E-state index contributed by atoms with van der Waals surface area (Å²) in [6, 6.07) is 5.29. The maximum Gasteiger partial charge on any atom is 0.326 e. The number of carboxylic acids is 1. The predicted octanol–water partition coefficient (Wildman–Crippen LogP) is 2.23. The molecule has 5 atom stereocenters. The Kier molecular flexibility index (Phi) is 13.2. The number of carboxylic acid groups (broad SMARTS) is 1. The molecule has 1 aromatic carbocycles. The summed E-state index contributed by atoms with van der Waals surface area (Å²) in [5.41, 5.74) is 6.78. The van der Waals surface area contributed by atoms with Crippen LogP contribution in [-0.2, 0) is 25.6 Å². The highest BCUT2D eigenvalue weighted by molar-refractivity contribution is 5.94. The fourth-order valence-electron chi connectivity index (χ4n) is 3.86. The van der Waals surface area contributed by atoms with E-state index in [4.69, 9.17) is 5.73 Å². The van der Waals surface area contributed by atoms with Gasteiger partial charge in [-0.25, -0.2) is 4.79 Å². The maximum absolute atomic E-state index is 13.3. The highest BCUT2D eigenvalue weighted by Gasteiger charge is 2.32. The van der Waals surface area contributed by atoms with E-state index in [1.54, 1.807) is 24.3 Å². The minimum Gasteiger partial charge on any atom is -0.480 e. The second-order valence-electron chi connectivity index (χ2n) is 10.4. The highest BCUT2D eigenvalue weighted by atomic mass is 16.4. The molecule has 0 fully saturated rings. The first-order valence-corrected chi connectivity index (χ1v) is 12.8. The fourth-order valence-corrected chi connectivity index (χ4v) is 3.86. The first-order chi connectivity index (χ1) is 16.8. The number of carbonyl (C=O) groups excluding carboxylic acids is 3. The van der Waals surface area contributed by atoms with E-state index in [1.807, 2.05) is 47.6 Å². The summed E-state index contributed by atoms with van der Waals surface area (Å²) >= 11 is 0. The molecule has 5 unspecified atom stereocenters. The summed E-state index contributed by atoms with van der Waals surface area (Å²) in [7, 11) is 0. The molecular formula is C27H44N4O5. The van der Waals surface area contributed by atoms with Gasteiger partial charge in [-0.05, 0) is 36.2 Å². The van der Waals surface area contributed by atoms with E-state index in [9.17, 15) is 24.3 Å². The van der Waals surface area contributed by atoms with E-state index in [1.165, 1.54) is 0 Å². The molecule has 0 aliphatic rings. The average molecular weight is 505 g/mol. The van der Waals surface area contributed by atoms with Crippen molar-refractivity contribution in [3.8, 4) is 0 Å². The van der Waals surface area contributed by atoms with Crippen molar-refractivity contribution in [2.45, 2.75) is 91.4 Å². The molecule has 36 heavy (non-hydrogen) atoms. The molecule has 202 valence electrons. The van der Waals surface area contributed by atoms with Crippen LogP contribution in [0.3, 0.4) is 0 Å². The molecule has 0 saturated carbocycles. The molecule has 0 aliphatic heterocycles. The number of amides is 3. The Labute approximate surface area is 215 Å². The lowest BCUT2D eigenvalue weighted by atomic mass is 9.95. The van der Waals surface area contributed by atoms with Gasteiger partial charge in [-0.2, -0.15) is 0 Å². The maximum atomic E-state index is 13.3. The predicted molar refractivity (Wildman–Crippen MR) is 140 cm³/mol. The second-order valence-corrected chi connectivity index (χ2v) is 10.4. The minimum atomic E-state index is -1.16. The molecule has 0 saturated heterocycles. The Morgan fingerprint density at radius 1 is 0.806 bits per heavy atom. The van der Waals surface area contributed by atoms with Crippen molar-refractivity contribution >= 4 is 23.7 Å². The van der Waals surface area contributed by atoms with Gasteiger partial charge < -0.3 is 26.8 Å². The van der Waals surface area contributed by atoms with Gasteiger partial charge in [-0.3, -0.25) is 14.4 Å². The lowest BCUT2D eigenvalue weighted by molar-refractivity contribution is -0.142. The Bertz CT molecular complexity index is 859. The smallest absolute Gasteiger partial charge is 0.326 e. The van der Waals surface area contributed by atoms with Gasteiger partial charge in [0.25, 0.3) is 0 Å². The van der Waals surface area contributed by atoms with E-state index in [2.05, 4.69) is 16.0 Å². The van der Waals surface area contributed by atoms with Crippen molar-refractivity contribution in [1.82, 2.24) is 16.0 Å². The Hall–Kier alpha value is -2.94. The molecule has 9 heteroatoms. The first-order valence-electron chi connectivity index (χ1n) is 12.8. The molecule has 0 aliphatic carbocycles. The summed E-state index contributed by atoms with van der Waals surface area (Å²) < 4.78 is 0. The zero-order chi connectivity index (χ0) is 27.4. The summed E-state index contributed by atoms with van der Waals surface area (Å²) in [4.78, 5) is 50.9. The van der Waals surface area contributed by atoms with Crippen LogP contribution in [0, 0.1) is 17.8 Å². The normalized spacial score (nSPS) is 15.5. The van der Waals surface area contributed by atoms with Crippen LogP contribution in [0.15, 0.2) is 30.3 Å². The second kappa shape index (κ2) is 15.2. The standard InChI is InChI=1S/C27H44N4O5/c1-7-18(6)23(31-24(32)20(28)13-16(2)3)26(34)29-21(14-17(4)5)25(33)30-22(27(35)36)15-19-11-9-8-10-12-19/h8-12,16-18,20-23H,7,13-15,28H2,1-6H3,(H,29,34)(H,30,33)(H,31,32)(H,35,36). The minimum absolute atomic E-state index is 0.0505. The molecule has 0 aromatic heterocycles. The van der Waals surface area contributed by atoms with Crippen LogP contribution in [0.2, 0.25) is 0 Å². The monoisotopic (exact) mass is 504 g/mol. The molecule has 9 nitrogen and oxygen atoms in total. The van der Waals surface area contributed by atoms with Crippen molar-refractivity contribution in [2.24, 2.45) is 23.5 Å². The largest absolute Gasteiger partial charge is 0.480 e. The van der Waals surface area contributed by atoms with Gasteiger partial charge in [0.05, 0.1) is 6.04 Å². The Morgan fingerprint density at radius 3 is 1.86 bits per heavy atom. The number of nitrogens with two attached hydrogens (primary N) is 1. The van der Waals surface area contributed by atoms with E-state index in [-0.39, 0.29) is 24.2 Å². The molecule has 6 N–H and O–H groups in total. The van der Waals surface area contributed by atoms with Crippen LogP contribution >= 0.6 is 0 Å². The number of hydrogen-bond donors (Lipinski definition) is 5. The Balaban J connectivity index is 3.02. The lowest BCUT2D eigenvalue weighted by Crippen LogP contribution is -2.59. The van der Waals surface area contributed by atoms with Crippen molar-refractivity contribution in [3.05, 3.63) is 35.9 Å². The Morgan fingerprint density at radius 2 is 1.36 bits per heavy atom. The van der Waals surface area contributed by atoms with Crippen LogP contribution in [-0.4, -0.2) is 53.0 Å². The number of benzene rings is 1. The van der Waals surface area contributed by atoms with Gasteiger partial charge in [0.1, 0.15) is 18.1 Å². The van der Waals surface area contributed by atoms with E-state index in [0.29, 0.717) is 19.3 Å². The third-order valence-corrected chi connectivity index (χ3v) is 6.09. The van der Waals surface area contributed by atoms with Crippen LogP contribution in [0.5, 0.6) is 0 Å². The van der Waals surface area contributed by atoms with Gasteiger partial charge in [-0.15, -0.1) is 0 Å². The average Bonchev–Trinajstić information content (AvgIpc) is 2.80. The molecule has 0 bridgehead atoms. The molecule has 0 spiro atoms. The number of nitrogens with one attached hydrogen (secondary N) is 3. The van der Waals surface area contributed by atoms with Crippen molar-refractivity contribution in [1.29, 1.82) is 0 Å². The molecule has 1 aromatic rings. The van der Waals surface area contributed by atoms with Crippen LogP contribution in [0.25, 0.3) is 0 Å². The fraction of sp³-hybridized carbons (Fsp3) is 0.630. The highest BCUT2D eigenvalue weighted by Crippen LogP contribution is 2.13. The van der Waals surface area contributed by atoms with Crippen LogP contribution < -0.4 is 21.7 Å². The molecule has 1 rings (SSSR count). The van der Waals surface area contributed by atoms with Crippen molar-refractivity contribution in [2.75, 3.05) is 0 Å². The summed E-state index contributed by atoms with van der Waals surface area (Å²) in [6.45, 7) is 11.5. The third-order valence-electron chi connectivity index (χ3n) is 6.09. The van der Waals surface area contributed by atoms with Gasteiger partial charge in [-0.1, -0.05) is 78.3 Å². The third kappa shape index (κ3) is 10.8. The number of hydrogen-bond acceptors (Lipinski definition) is 5. The van der Waals surface area contributed by atoms with Crippen LogP contribution in [0.1, 0.15) is 66.4 Å². The summed E-state index contributed by atoms with van der Waals surface area (Å²) in [6.07, 6.45) is 1.53. The van der Waals surface area contributed by atoms with Crippen LogP contribution in [0.4, 0.5) is 0 Å². The van der Waals surface area contributed by atoms with E-state index >= 15 is 0 Å². The first kappa shape index (κ1) is 31.1. The topological polar surface area (TPSA) is 151 Å². The number of carbonyl (C=O) groups is 4. The van der Waals surface area contributed by atoms with Gasteiger partial charge in [0.15, 0.2) is 0 Å². The quantitative estimate of drug-likeness (QED) is 0.247. The van der Waals surface area contributed by atoms with E-state index in [0.717, 1.165) is 5.56 Å². The van der Waals surface area contributed by atoms with Gasteiger partial charge in [0.2, 0.25) is 17.7 Å². The van der Waals surface area contributed by atoms with Crippen molar-refractivity contribution in [3.63, 3.8) is 0 Å². The van der Waals surface area contributed by atoms with E-state index < -0.39 is 47.9 Å². The molecule has 3 amide bonds. The van der Waals surface area contributed by atoms with Gasteiger partial charge in [0, 0.05) is 6.42 Å². The number of aliphatic carboxylic acids is 1. The van der Waals surface area contributed by atoms with Crippen molar-refractivity contribution < 1.29 is 24.3 Å².